The highest BCUT2D eigenvalue weighted by Crippen LogP contribution is 1.98. The second-order valence-electron chi connectivity index (χ2n) is 2.17. The van der Waals surface area contributed by atoms with Crippen molar-refractivity contribution in [1.82, 2.24) is 14.8 Å². The van der Waals surface area contributed by atoms with Crippen LogP contribution in [0, 0.1) is 0 Å². The van der Waals surface area contributed by atoms with E-state index < -0.39 is 5.91 Å². The van der Waals surface area contributed by atoms with Crippen LogP contribution in [0.25, 0.3) is 0 Å². The zero-order chi connectivity index (χ0) is 8.43. The Morgan fingerprint density at radius 2 is 2.45 bits per heavy atom. The highest BCUT2D eigenvalue weighted by Gasteiger charge is 2.12. The molecular formula is C6H9N3O2. The lowest BCUT2D eigenvalue weighted by Crippen LogP contribution is -2.24. The molecule has 0 fully saturated rings. The van der Waals surface area contributed by atoms with Crippen molar-refractivity contribution >= 4 is 5.91 Å². The van der Waals surface area contributed by atoms with Crippen LogP contribution in [0.3, 0.4) is 0 Å². The molecule has 0 spiro atoms. The van der Waals surface area contributed by atoms with E-state index in [0.717, 1.165) is 0 Å². The van der Waals surface area contributed by atoms with Crippen molar-refractivity contribution in [2.24, 2.45) is 7.05 Å². The predicted molar refractivity (Wildman–Crippen MR) is 37.1 cm³/mol. The zero-order valence-corrected chi connectivity index (χ0v) is 6.35. The van der Waals surface area contributed by atoms with Gasteiger partial charge in [-0.25, -0.2) is 5.06 Å². The molecule has 0 saturated heterocycles. The molecule has 1 amide bonds. The van der Waals surface area contributed by atoms with Crippen LogP contribution in [0.2, 0.25) is 0 Å². The van der Waals surface area contributed by atoms with E-state index in [9.17, 15) is 4.79 Å². The number of aryl methyl sites for hydroxylation is 1. The van der Waals surface area contributed by atoms with Gasteiger partial charge in [0.1, 0.15) is 5.69 Å². The molecule has 0 aliphatic rings. The van der Waals surface area contributed by atoms with Gasteiger partial charge in [0.15, 0.2) is 0 Å². The van der Waals surface area contributed by atoms with Gasteiger partial charge in [-0.1, -0.05) is 0 Å². The van der Waals surface area contributed by atoms with Crippen LogP contribution >= 0.6 is 0 Å². The van der Waals surface area contributed by atoms with E-state index in [4.69, 9.17) is 5.21 Å². The molecule has 0 aliphatic carbocycles. The number of aromatic nitrogens is 2. The average Bonchev–Trinajstić information content (AvgIpc) is 2.33. The molecule has 1 heterocycles. The van der Waals surface area contributed by atoms with Gasteiger partial charge in [0.2, 0.25) is 0 Å². The summed E-state index contributed by atoms with van der Waals surface area (Å²) in [5.74, 6) is -0.468. The van der Waals surface area contributed by atoms with Crippen LogP contribution in [0.15, 0.2) is 12.3 Å². The van der Waals surface area contributed by atoms with Crippen LogP contribution in [-0.2, 0) is 7.05 Å². The Balaban J connectivity index is 2.93. The maximum Gasteiger partial charge on any atom is 0.295 e. The highest BCUT2D eigenvalue weighted by atomic mass is 16.5. The van der Waals surface area contributed by atoms with E-state index in [-0.39, 0.29) is 0 Å². The first-order chi connectivity index (χ1) is 5.13. The van der Waals surface area contributed by atoms with Crippen molar-refractivity contribution in [3.8, 4) is 0 Å². The molecule has 1 N–H and O–H groups in total. The van der Waals surface area contributed by atoms with Gasteiger partial charge in [-0.3, -0.25) is 14.7 Å². The molecule has 1 aromatic rings. The number of hydrogen-bond donors (Lipinski definition) is 1. The molecule has 1 aromatic heterocycles. The Hall–Kier alpha value is -1.36. The summed E-state index contributed by atoms with van der Waals surface area (Å²) in [6.45, 7) is 0. The number of nitrogens with zero attached hydrogens (tertiary/aromatic N) is 3. The molecule has 0 bridgehead atoms. The summed E-state index contributed by atoms with van der Waals surface area (Å²) in [7, 11) is 2.91. The fourth-order valence-electron chi connectivity index (χ4n) is 0.749. The monoisotopic (exact) mass is 155 g/mol. The Morgan fingerprint density at radius 1 is 1.82 bits per heavy atom. The van der Waals surface area contributed by atoms with Crippen LogP contribution in [0.4, 0.5) is 0 Å². The molecule has 0 aromatic carbocycles. The number of hydroxylamine groups is 2. The standard InChI is InChI=1S/C6H9N3O2/c1-8-5(3-4-7-8)6(10)9(2)11/h3-4,11H,1-2H3. The van der Waals surface area contributed by atoms with Crippen molar-refractivity contribution < 1.29 is 10.0 Å². The summed E-state index contributed by atoms with van der Waals surface area (Å²) >= 11 is 0. The molecular weight excluding hydrogens is 146 g/mol. The molecule has 0 radical (unpaired) electrons. The lowest BCUT2D eigenvalue weighted by molar-refractivity contribution is -0.0383. The molecule has 60 valence electrons. The van der Waals surface area contributed by atoms with Gasteiger partial charge < -0.3 is 0 Å². The third kappa shape index (κ3) is 1.38. The summed E-state index contributed by atoms with van der Waals surface area (Å²) in [6.07, 6.45) is 1.50. The molecule has 0 aliphatic heterocycles. The van der Waals surface area contributed by atoms with Gasteiger partial charge in [0.05, 0.1) is 0 Å². The SMILES string of the molecule is CN(O)C(=O)c1ccnn1C. The van der Waals surface area contributed by atoms with Crippen molar-refractivity contribution in [1.29, 1.82) is 0 Å². The average molecular weight is 155 g/mol. The van der Waals surface area contributed by atoms with Crippen LogP contribution < -0.4 is 0 Å². The largest absolute Gasteiger partial charge is 0.295 e. The Labute approximate surface area is 63.8 Å². The molecule has 11 heavy (non-hydrogen) atoms. The lowest BCUT2D eigenvalue weighted by Gasteiger charge is -2.07. The number of hydrogen-bond acceptors (Lipinski definition) is 3. The minimum atomic E-state index is -0.468. The van der Waals surface area contributed by atoms with E-state index >= 15 is 0 Å². The number of amides is 1. The molecule has 0 atom stereocenters. The summed E-state index contributed by atoms with van der Waals surface area (Å²) in [4.78, 5) is 11.0. The van der Waals surface area contributed by atoms with Gasteiger partial charge in [-0.15, -0.1) is 0 Å². The fourth-order valence-corrected chi connectivity index (χ4v) is 0.749. The van der Waals surface area contributed by atoms with Crippen molar-refractivity contribution in [3.05, 3.63) is 18.0 Å². The first kappa shape index (κ1) is 7.74. The zero-order valence-electron chi connectivity index (χ0n) is 6.35. The molecule has 1 rings (SSSR count). The Kier molecular flexibility index (Phi) is 1.91. The molecule has 0 saturated carbocycles. The summed E-state index contributed by atoms with van der Waals surface area (Å²) in [6, 6.07) is 1.54. The van der Waals surface area contributed by atoms with E-state index in [1.165, 1.54) is 24.0 Å². The summed E-state index contributed by atoms with van der Waals surface area (Å²) in [5, 5.41) is 13.1. The third-order valence-corrected chi connectivity index (χ3v) is 1.33. The maximum absolute atomic E-state index is 11.0. The van der Waals surface area contributed by atoms with E-state index in [2.05, 4.69) is 5.10 Å². The number of rotatable bonds is 1. The van der Waals surface area contributed by atoms with Crippen molar-refractivity contribution in [2.75, 3.05) is 7.05 Å². The van der Waals surface area contributed by atoms with Gasteiger partial charge in [0.25, 0.3) is 5.91 Å². The van der Waals surface area contributed by atoms with E-state index in [1.807, 2.05) is 0 Å². The second kappa shape index (κ2) is 2.71. The minimum Gasteiger partial charge on any atom is -0.286 e. The fraction of sp³-hybridized carbons (Fsp3) is 0.333. The van der Waals surface area contributed by atoms with Crippen LogP contribution in [0.5, 0.6) is 0 Å². The first-order valence-electron chi connectivity index (χ1n) is 3.08. The Morgan fingerprint density at radius 3 is 2.82 bits per heavy atom. The van der Waals surface area contributed by atoms with Crippen molar-refractivity contribution in [3.63, 3.8) is 0 Å². The predicted octanol–water partition coefficient (Wildman–Crippen LogP) is -0.119. The Bertz CT molecular complexity index is 267. The van der Waals surface area contributed by atoms with Gasteiger partial charge in [-0.05, 0) is 6.07 Å². The number of carbonyl (C=O) groups is 1. The maximum atomic E-state index is 11.0. The van der Waals surface area contributed by atoms with Crippen molar-refractivity contribution in [2.45, 2.75) is 0 Å². The normalized spacial score (nSPS) is 9.73. The molecule has 5 nitrogen and oxygen atoms in total. The van der Waals surface area contributed by atoms with Crippen LogP contribution in [0.1, 0.15) is 10.5 Å². The van der Waals surface area contributed by atoms with E-state index in [1.54, 1.807) is 7.05 Å². The van der Waals surface area contributed by atoms with Gasteiger partial charge in [-0.2, -0.15) is 5.10 Å². The quantitative estimate of drug-likeness (QED) is 0.454. The van der Waals surface area contributed by atoms with Crippen LogP contribution in [-0.4, -0.2) is 33.0 Å². The number of carbonyl (C=O) groups excluding carboxylic acids is 1. The van der Waals surface area contributed by atoms with E-state index in [0.29, 0.717) is 10.8 Å². The highest BCUT2D eigenvalue weighted by molar-refractivity contribution is 5.91. The third-order valence-electron chi connectivity index (χ3n) is 1.33. The summed E-state index contributed by atoms with van der Waals surface area (Å²) in [5.41, 5.74) is 0.356. The van der Waals surface area contributed by atoms with Gasteiger partial charge in [0, 0.05) is 20.3 Å². The first-order valence-corrected chi connectivity index (χ1v) is 3.08. The molecule has 5 heteroatoms. The van der Waals surface area contributed by atoms with Gasteiger partial charge >= 0.3 is 0 Å². The summed E-state index contributed by atoms with van der Waals surface area (Å²) < 4.78 is 1.40. The lowest BCUT2D eigenvalue weighted by atomic mass is 10.4. The second-order valence-corrected chi connectivity index (χ2v) is 2.17. The molecule has 0 unspecified atom stereocenters. The minimum absolute atomic E-state index is 0.356. The smallest absolute Gasteiger partial charge is 0.286 e. The topological polar surface area (TPSA) is 58.4 Å².